The van der Waals surface area contributed by atoms with E-state index in [1.807, 2.05) is 13.0 Å². The molecule has 0 heterocycles. The number of methoxy groups -OCH3 is 1. The zero-order chi connectivity index (χ0) is 14.7. The highest BCUT2D eigenvalue weighted by Crippen LogP contribution is 2.17. The van der Waals surface area contributed by atoms with Gasteiger partial charge in [-0.05, 0) is 30.8 Å². The molecular weight excluding hydrogens is 236 g/mol. The van der Waals surface area contributed by atoms with Crippen molar-refractivity contribution in [1.82, 2.24) is 0 Å². The topological polar surface area (TPSA) is 26.3 Å². The standard InChI is InChI=1S/C17H30O2/c1-6-14(2)9-7-10-15(3)11-8-12-16(4)13-17(18)19-5/h8,12-15H,6-7,9-11H2,1-5H3/b12-8-,16-13?. The minimum Gasteiger partial charge on any atom is -0.466 e. The minimum absolute atomic E-state index is 0.288. The lowest BCUT2D eigenvalue weighted by Gasteiger charge is -2.11. The van der Waals surface area contributed by atoms with E-state index in [0.717, 1.165) is 17.9 Å². The van der Waals surface area contributed by atoms with Crippen LogP contribution < -0.4 is 0 Å². The Hall–Kier alpha value is -1.05. The summed E-state index contributed by atoms with van der Waals surface area (Å²) in [5, 5.41) is 0. The summed E-state index contributed by atoms with van der Waals surface area (Å²) in [5.41, 5.74) is 0.943. The molecule has 0 aliphatic carbocycles. The number of esters is 1. The fourth-order valence-electron chi connectivity index (χ4n) is 1.92. The summed E-state index contributed by atoms with van der Waals surface area (Å²) in [6.07, 6.45) is 12.0. The molecule has 2 unspecified atom stereocenters. The molecule has 2 heteroatoms. The van der Waals surface area contributed by atoms with E-state index in [2.05, 4.69) is 31.6 Å². The number of hydrogen-bond donors (Lipinski definition) is 0. The molecule has 0 aromatic carbocycles. The normalized spacial score (nSPS) is 15.5. The molecule has 0 aliphatic heterocycles. The van der Waals surface area contributed by atoms with Crippen LogP contribution in [-0.4, -0.2) is 13.1 Å². The first-order valence-electron chi connectivity index (χ1n) is 7.42. The molecular formula is C17H30O2. The highest BCUT2D eigenvalue weighted by Gasteiger charge is 2.02. The molecule has 110 valence electrons. The van der Waals surface area contributed by atoms with Crippen LogP contribution in [0.1, 0.15) is 59.8 Å². The molecule has 0 amide bonds. The third-order valence-corrected chi connectivity index (χ3v) is 3.56. The molecule has 2 nitrogen and oxygen atoms in total. The Balaban J connectivity index is 3.86. The fourth-order valence-corrected chi connectivity index (χ4v) is 1.92. The third kappa shape index (κ3) is 10.5. The van der Waals surface area contributed by atoms with Crippen LogP contribution >= 0.6 is 0 Å². The molecule has 0 fully saturated rings. The Kier molecular flexibility index (Phi) is 10.2. The number of allylic oxidation sites excluding steroid dienone is 3. The predicted octanol–water partition coefficient (Wildman–Crippen LogP) is 4.90. The lowest BCUT2D eigenvalue weighted by molar-refractivity contribution is -0.134. The third-order valence-electron chi connectivity index (χ3n) is 3.56. The van der Waals surface area contributed by atoms with Gasteiger partial charge in [0.25, 0.3) is 0 Å². The van der Waals surface area contributed by atoms with E-state index in [0.29, 0.717) is 5.92 Å². The van der Waals surface area contributed by atoms with Crippen LogP contribution in [0.2, 0.25) is 0 Å². The average Bonchev–Trinajstić information content (AvgIpc) is 2.38. The van der Waals surface area contributed by atoms with Crippen molar-refractivity contribution in [3.8, 4) is 0 Å². The molecule has 0 bridgehead atoms. The predicted molar refractivity (Wildman–Crippen MR) is 82.0 cm³/mol. The summed E-state index contributed by atoms with van der Waals surface area (Å²) < 4.78 is 4.59. The Morgan fingerprint density at radius 2 is 1.84 bits per heavy atom. The van der Waals surface area contributed by atoms with E-state index in [1.165, 1.54) is 38.9 Å². The van der Waals surface area contributed by atoms with Crippen LogP contribution in [0.4, 0.5) is 0 Å². The molecule has 0 N–H and O–H groups in total. The summed E-state index contributed by atoms with van der Waals surface area (Å²) in [5.74, 6) is 1.28. The van der Waals surface area contributed by atoms with Crippen molar-refractivity contribution in [3.63, 3.8) is 0 Å². The van der Waals surface area contributed by atoms with Gasteiger partial charge in [0.15, 0.2) is 0 Å². The lowest BCUT2D eigenvalue weighted by atomic mass is 9.95. The number of hydrogen-bond acceptors (Lipinski definition) is 2. The van der Waals surface area contributed by atoms with Crippen molar-refractivity contribution in [3.05, 3.63) is 23.8 Å². The molecule has 0 saturated heterocycles. The molecule has 19 heavy (non-hydrogen) atoms. The van der Waals surface area contributed by atoms with Gasteiger partial charge in [0.1, 0.15) is 0 Å². The molecule has 0 aromatic rings. The molecule has 0 radical (unpaired) electrons. The van der Waals surface area contributed by atoms with Gasteiger partial charge < -0.3 is 4.74 Å². The van der Waals surface area contributed by atoms with Crippen LogP contribution in [0.3, 0.4) is 0 Å². The van der Waals surface area contributed by atoms with Gasteiger partial charge in [-0.1, -0.05) is 58.6 Å². The van der Waals surface area contributed by atoms with E-state index in [9.17, 15) is 4.79 Å². The van der Waals surface area contributed by atoms with E-state index in [1.54, 1.807) is 0 Å². The van der Waals surface area contributed by atoms with Gasteiger partial charge in [-0.25, -0.2) is 4.79 Å². The molecule has 2 atom stereocenters. The van der Waals surface area contributed by atoms with E-state index in [4.69, 9.17) is 0 Å². The van der Waals surface area contributed by atoms with E-state index in [-0.39, 0.29) is 5.97 Å². The van der Waals surface area contributed by atoms with Gasteiger partial charge in [0.05, 0.1) is 7.11 Å². The lowest BCUT2D eigenvalue weighted by Crippen LogP contribution is -1.97. The van der Waals surface area contributed by atoms with Crippen molar-refractivity contribution < 1.29 is 9.53 Å². The number of rotatable bonds is 9. The SMILES string of the molecule is CCC(C)CCCC(C)C/C=C\C(C)=CC(=O)OC. The molecule has 0 spiro atoms. The second-order valence-electron chi connectivity index (χ2n) is 5.60. The van der Waals surface area contributed by atoms with E-state index >= 15 is 0 Å². The van der Waals surface area contributed by atoms with Crippen LogP contribution in [0, 0.1) is 11.8 Å². The highest BCUT2D eigenvalue weighted by molar-refractivity contribution is 5.83. The first-order chi connectivity index (χ1) is 8.99. The Bertz CT molecular complexity index is 302. The number of ether oxygens (including phenoxy) is 1. The van der Waals surface area contributed by atoms with Gasteiger partial charge in [-0.15, -0.1) is 0 Å². The van der Waals surface area contributed by atoms with Crippen molar-refractivity contribution in [1.29, 1.82) is 0 Å². The number of carbonyl (C=O) groups is 1. The van der Waals surface area contributed by atoms with Crippen LogP contribution in [0.5, 0.6) is 0 Å². The van der Waals surface area contributed by atoms with Gasteiger partial charge in [0, 0.05) is 6.08 Å². The molecule has 0 aliphatic rings. The van der Waals surface area contributed by atoms with Gasteiger partial charge in [0.2, 0.25) is 0 Å². The van der Waals surface area contributed by atoms with Crippen LogP contribution in [-0.2, 0) is 9.53 Å². The Labute approximate surface area is 118 Å². The summed E-state index contributed by atoms with van der Waals surface area (Å²) in [7, 11) is 1.40. The summed E-state index contributed by atoms with van der Waals surface area (Å²) >= 11 is 0. The van der Waals surface area contributed by atoms with Crippen LogP contribution in [0.25, 0.3) is 0 Å². The van der Waals surface area contributed by atoms with E-state index < -0.39 is 0 Å². The van der Waals surface area contributed by atoms with Gasteiger partial charge >= 0.3 is 5.97 Å². The Morgan fingerprint density at radius 1 is 1.21 bits per heavy atom. The smallest absolute Gasteiger partial charge is 0.330 e. The second-order valence-corrected chi connectivity index (χ2v) is 5.60. The minimum atomic E-state index is -0.288. The zero-order valence-corrected chi connectivity index (χ0v) is 13.2. The monoisotopic (exact) mass is 266 g/mol. The van der Waals surface area contributed by atoms with Gasteiger partial charge in [-0.3, -0.25) is 0 Å². The first kappa shape index (κ1) is 17.9. The largest absolute Gasteiger partial charge is 0.466 e. The number of carbonyl (C=O) groups excluding carboxylic acids is 1. The fraction of sp³-hybridized carbons (Fsp3) is 0.706. The van der Waals surface area contributed by atoms with Crippen LogP contribution in [0.15, 0.2) is 23.8 Å². The Morgan fingerprint density at radius 3 is 2.42 bits per heavy atom. The zero-order valence-electron chi connectivity index (χ0n) is 13.2. The first-order valence-corrected chi connectivity index (χ1v) is 7.42. The second kappa shape index (κ2) is 10.8. The van der Waals surface area contributed by atoms with Gasteiger partial charge in [-0.2, -0.15) is 0 Å². The van der Waals surface area contributed by atoms with Crippen molar-refractivity contribution >= 4 is 5.97 Å². The molecule has 0 saturated carbocycles. The van der Waals surface area contributed by atoms with Crippen molar-refractivity contribution in [2.24, 2.45) is 11.8 Å². The average molecular weight is 266 g/mol. The molecule has 0 aromatic heterocycles. The summed E-state index contributed by atoms with van der Waals surface area (Å²) in [6.45, 7) is 8.79. The quantitative estimate of drug-likeness (QED) is 0.337. The maximum atomic E-state index is 11.0. The highest BCUT2D eigenvalue weighted by atomic mass is 16.5. The molecule has 0 rings (SSSR count). The van der Waals surface area contributed by atoms with Crippen molar-refractivity contribution in [2.75, 3.05) is 7.11 Å². The maximum absolute atomic E-state index is 11.0. The van der Waals surface area contributed by atoms with Crippen molar-refractivity contribution in [2.45, 2.75) is 59.8 Å². The summed E-state index contributed by atoms with van der Waals surface area (Å²) in [6, 6.07) is 0. The summed E-state index contributed by atoms with van der Waals surface area (Å²) in [4.78, 5) is 11.0. The maximum Gasteiger partial charge on any atom is 0.330 e.